The van der Waals surface area contributed by atoms with Gasteiger partial charge < -0.3 is 10.1 Å². The van der Waals surface area contributed by atoms with Gasteiger partial charge >= 0.3 is 0 Å². The van der Waals surface area contributed by atoms with Crippen molar-refractivity contribution in [2.24, 2.45) is 0 Å². The SMILES string of the molecule is CS(=O)(=O)c1cc(NCc2ccc(Oc3ccccc3)cc2)ccc1[N+](=O)[O-]. The van der Waals surface area contributed by atoms with Gasteiger partial charge in [0.25, 0.3) is 5.69 Å². The van der Waals surface area contributed by atoms with Crippen LogP contribution in [0.5, 0.6) is 11.5 Å². The second-order valence-corrected chi connectivity index (χ2v) is 8.11. The van der Waals surface area contributed by atoms with Crippen LogP contribution in [0.25, 0.3) is 0 Å². The summed E-state index contributed by atoms with van der Waals surface area (Å²) in [4.78, 5) is 10.0. The van der Waals surface area contributed by atoms with E-state index in [-0.39, 0.29) is 4.90 Å². The summed E-state index contributed by atoms with van der Waals surface area (Å²) in [6.07, 6.45) is 0.949. The third-order valence-electron chi connectivity index (χ3n) is 3.95. The largest absolute Gasteiger partial charge is 0.457 e. The quantitative estimate of drug-likeness (QED) is 0.468. The number of nitrogens with one attached hydrogen (secondary N) is 1. The Bertz CT molecular complexity index is 1080. The topological polar surface area (TPSA) is 98.5 Å². The Morgan fingerprint density at radius 2 is 1.61 bits per heavy atom. The number of anilines is 1. The second-order valence-electron chi connectivity index (χ2n) is 6.12. The average molecular weight is 398 g/mol. The van der Waals surface area contributed by atoms with Gasteiger partial charge in [0.05, 0.1) is 4.92 Å². The summed E-state index contributed by atoms with van der Waals surface area (Å²) in [7, 11) is -3.72. The highest BCUT2D eigenvalue weighted by molar-refractivity contribution is 7.90. The first-order valence-electron chi connectivity index (χ1n) is 8.37. The minimum Gasteiger partial charge on any atom is -0.457 e. The fourth-order valence-corrected chi connectivity index (χ4v) is 3.44. The van der Waals surface area contributed by atoms with Gasteiger partial charge in [-0.15, -0.1) is 0 Å². The number of nitro groups is 1. The Morgan fingerprint density at radius 1 is 0.964 bits per heavy atom. The van der Waals surface area contributed by atoms with Crippen LogP contribution in [-0.2, 0) is 16.4 Å². The van der Waals surface area contributed by atoms with Crippen molar-refractivity contribution in [3.63, 3.8) is 0 Å². The summed E-state index contributed by atoms with van der Waals surface area (Å²) in [6.45, 7) is 0.423. The average Bonchev–Trinajstić information content (AvgIpc) is 2.67. The van der Waals surface area contributed by atoms with Crippen molar-refractivity contribution < 1.29 is 18.1 Å². The molecule has 0 saturated carbocycles. The van der Waals surface area contributed by atoms with E-state index in [0.717, 1.165) is 17.6 Å². The third-order valence-corrected chi connectivity index (χ3v) is 5.08. The smallest absolute Gasteiger partial charge is 0.288 e. The molecule has 0 aliphatic carbocycles. The van der Waals surface area contributed by atoms with E-state index in [2.05, 4.69) is 5.32 Å². The lowest BCUT2D eigenvalue weighted by Gasteiger charge is -2.10. The molecule has 144 valence electrons. The van der Waals surface area contributed by atoms with Gasteiger partial charge in [0.15, 0.2) is 9.84 Å². The standard InChI is InChI=1S/C20H18N2O5S/c1-28(25,26)20-13-16(9-12-19(20)22(23)24)21-14-15-7-10-18(11-8-15)27-17-5-3-2-4-6-17/h2-13,21H,14H2,1H3. The second kappa shape index (κ2) is 8.10. The molecule has 3 aromatic rings. The fraction of sp³-hybridized carbons (Fsp3) is 0.100. The predicted molar refractivity (Wildman–Crippen MR) is 106 cm³/mol. The molecule has 8 heteroatoms. The van der Waals surface area contributed by atoms with Gasteiger partial charge in [-0.3, -0.25) is 10.1 Å². The number of hydrogen-bond donors (Lipinski definition) is 1. The van der Waals surface area contributed by atoms with Crippen molar-refractivity contribution in [2.75, 3.05) is 11.6 Å². The van der Waals surface area contributed by atoms with Crippen molar-refractivity contribution in [3.05, 3.63) is 88.5 Å². The van der Waals surface area contributed by atoms with Crippen molar-refractivity contribution in [1.29, 1.82) is 0 Å². The lowest BCUT2D eigenvalue weighted by molar-refractivity contribution is -0.387. The first-order valence-corrected chi connectivity index (χ1v) is 10.3. The van der Waals surface area contributed by atoms with Crippen LogP contribution >= 0.6 is 0 Å². The number of para-hydroxylation sites is 1. The molecule has 0 radical (unpaired) electrons. The molecule has 0 aromatic heterocycles. The van der Waals surface area contributed by atoms with Gasteiger partial charge in [-0.2, -0.15) is 0 Å². The molecule has 3 aromatic carbocycles. The molecule has 0 aliphatic rings. The van der Waals surface area contributed by atoms with Crippen LogP contribution in [0.3, 0.4) is 0 Å². The molecule has 28 heavy (non-hydrogen) atoms. The van der Waals surface area contributed by atoms with Crippen LogP contribution in [0.15, 0.2) is 77.7 Å². The highest BCUT2D eigenvalue weighted by Crippen LogP contribution is 2.27. The molecule has 3 rings (SSSR count). The number of rotatable bonds is 7. The van der Waals surface area contributed by atoms with E-state index in [0.29, 0.717) is 18.0 Å². The van der Waals surface area contributed by atoms with E-state index < -0.39 is 20.4 Å². The maximum absolute atomic E-state index is 11.8. The Hall–Kier alpha value is -3.39. The molecule has 0 heterocycles. The minimum absolute atomic E-state index is 0.311. The highest BCUT2D eigenvalue weighted by Gasteiger charge is 2.22. The first kappa shape index (κ1) is 19.4. The van der Waals surface area contributed by atoms with Crippen LogP contribution < -0.4 is 10.1 Å². The van der Waals surface area contributed by atoms with Crippen LogP contribution in [0.4, 0.5) is 11.4 Å². The normalized spacial score (nSPS) is 11.0. The number of sulfone groups is 1. The zero-order valence-corrected chi connectivity index (χ0v) is 15.8. The zero-order valence-electron chi connectivity index (χ0n) is 15.0. The maximum atomic E-state index is 11.8. The predicted octanol–water partition coefficient (Wildman–Crippen LogP) is 4.40. The van der Waals surface area contributed by atoms with E-state index in [4.69, 9.17) is 4.74 Å². The van der Waals surface area contributed by atoms with Crippen molar-refractivity contribution in [3.8, 4) is 11.5 Å². The van der Waals surface area contributed by atoms with Crippen LogP contribution in [0.1, 0.15) is 5.56 Å². The Kier molecular flexibility index (Phi) is 5.60. The van der Waals surface area contributed by atoms with E-state index in [9.17, 15) is 18.5 Å². The zero-order chi connectivity index (χ0) is 20.1. The highest BCUT2D eigenvalue weighted by atomic mass is 32.2. The van der Waals surface area contributed by atoms with Gasteiger partial charge in [0.2, 0.25) is 0 Å². The molecule has 7 nitrogen and oxygen atoms in total. The maximum Gasteiger partial charge on any atom is 0.288 e. The fourth-order valence-electron chi connectivity index (χ4n) is 2.58. The number of ether oxygens (including phenoxy) is 1. The number of benzene rings is 3. The molecule has 1 N–H and O–H groups in total. The molecular formula is C20H18N2O5S. The number of nitrogens with zero attached hydrogens (tertiary/aromatic N) is 1. The molecular weight excluding hydrogens is 380 g/mol. The molecule has 0 aliphatic heterocycles. The van der Waals surface area contributed by atoms with E-state index >= 15 is 0 Å². The van der Waals surface area contributed by atoms with Gasteiger partial charge in [-0.25, -0.2) is 8.42 Å². The summed E-state index contributed by atoms with van der Waals surface area (Å²) in [5.74, 6) is 1.44. The number of nitro benzene ring substituents is 1. The molecule has 0 fully saturated rings. The molecule has 0 atom stereocenters. The number of hydrogen-bond acceptors (Lipinski definition) is 6. The molecule has 0 spiro atoms. The molecule has 0 amide bonds. The molecule has 0 unspecified atom stereocenters. The lowest BCUT2D eigenvalue weighted by Crippen LogP contribution is -2.05. The van der Waals surface area contributed by atoms with Crippen molar-refractivity contribution in [2.45, 2.75) is 11.4 Å². The van der Waals surface area contributed by atoms with Crippen LogP contribution in [0.2, 0.25) is 0 Å². The van der Waals surface area contributed by atoms with E-state index in [1.54, 1.807) is 0 Å². The Morgan fingerprint density at radius 3 is 2.21 bits per heavy atom. The first-order chi connectivity index (χ1) is 13.3. The summed E-state index contributed by atoms with van der Waals surface area (Å²) < 4.78 is 29.4. The van der Waals surface area contributed by atoms with Crippen molar-refractivity contribution >= 4 is 21.2 Å². The third kappa shape index (κ3) is 4.86. The van der Waals surface area contributed by atoms with Crippen molar-refractivity contribution in [1.82, 2.24) is 0 Å². The van der Waals surface area contributed by atoms with Crippen LogP contribution in [0, 0.1) is 10.1 Å². The summed E-state index contributed by atoms with van der Waals surface area (Å²) >= 11 is 0. The summed E-state index contributed by atoms with van der Waals surface area (Å²) in [5.41, 5.74) is 0.991. The van der Waals surface area contributed by atoms with Gasteiger partial charge in [0, 0.05) is 24.6 Å². The molecule has 0 bridgehead atoms. The van der Waals surface area contributed by atoms with Gasteiger partial charge in [0.1, 0.15) is 16.4 Å². The van der Waals surface area contributed by atoms with Crippen LogP contribution in [-0.4, -0.2) is 19.6 Å². The Labute approximate surface area is 162 Å². The lowest BCUT2D eigenvalue weighted by atomic mass is 10.2. The van der Waals surface area contributed by atoms with E-state index in [1.165, 1.54) is 18.2 Å². The summed E-state index contributed by atoms with van der Waals surface area (Å²) in [6, 6.07) is 20.8. The summed E-state index contributed by atoms with van der Waals surface area (Å²) in [5, 5.41) is 14.1. The van der Waals surface area contributed by atoms with Gasteiger partial charge in [-0.1, -0.05) is 30.3 Å². The monoisotopic (exact) mass is 398 g/mol. The Balaban J connectivity index is 1.69. The molecule has 0 saturated heterocycles. The van der Waals surface area contributed by atoms with Gasteiger partial charge in [-0.05, 0) is 42.0 Å². The van der Waals surface area contributed by atoms with E-state index in [1.807, 2.05) is 54.6 Å². The minimum atomic E-state index is -3.72.